The molecule has 3 aromatic rings. The summed E-state index contributed by atoms with van der Waals surface area (Å²) in [5.74, 6) is 0.350. The third-order valence-electron chi connectivity index (χ3n) is 6.35. The van der Waals surface area contributed by atoms with E-state index in [1.54, 1.807) is 25.1 Å². The zero-order valence-corrected chi connectivity index (χ0v) is 17.2. The highest BCUT2D eigenvalue weighted by Gasteiger charge is 2.32. The van der Waals surface area contributed by atoms with Crippen molar-refractivity contribution < 1.29 is 9.21 Å². The number of nitrogens with one attached hydrogen (secondary N) is 1. The summed E-state index contributed by atoms with van der Waals surface area (Å²) >= 11 is 0. The van der Waals surface area contributed by atoms with E-state index >= 15 is 0 Å². The maximum Gasteiger partial charge on any atom is 0.255 e. The molecule has 1 aromatic heterocycles. The van der Waals surface area contributed by atoms with Crippen molar-refractivity contribution >= 4 is 16.9 Å². The second-order valence-electron chi connectivity index (χ2n) is 8.45. The molecule has 154 valence electrons. The highest BCUT2D eigenvalue weighted by atomic mass is 16.3. The molecular weight excluding hydrogens is 376 g/mol. The minimum atomic E-state index is -0.170. The lowest BCUT2D eigenvalue weighted by molar-refractivity contribution is 0.0910. The first-order chi connectivity index (χ1) is 14.6. The first kappa shape index (κ1) is 19.1. The van der Waals surface area contributed by atoms with Gasteiger partial charge in [-0.2, -0.15) is 0 Å². The molecule has 1 aliphatic heterocycles. The molecule has 1 amide bonds. The van der Waals surface area contributed by atoms with E-state index in [1.807, 2.05) is 30.3 Å². The van der Waals surface area contributed by atoms with Gasteiger partial charge in [0.1, 0.15) is 5.76 Å². The predicted octanol–water partition coefficient (Wildman–Crippen LogP) is 4.13. The molecule has 2 aliphatic rings. The van der Waals surface area contributed by atoms with E-state index in [0.717, 1.165) is 37.5 Å². The van der Waals surface area contributed by atoms with Gasteiger partial charge in [-0.15, -0.1) is 0 Å². The molecule has 0 unspecified atom stereocenters. The van der Waals surface area contributed by atoms with E-state index in [9.17, 15) is 9.59 Å². The molecule has 0 atom stereocenters. The Kier molecular flexibility index (Phi) is 4.91. The third kappa shape index (κ3) is 3.54. The van der Waals surface area contributed by atoms with Gasteiger partial charge in [0.05, 0.1) is 10.9 Å². The minimum absolute atomic E-state index is 0.0949. The second-order valence-corrected chi connectivity index (χ2v) is 8.45. The molecule has 1 N–H and O–H groups in total. The molecular formula is C25H26N2O3. The number of carbonyl (C=O) groups is 1. The van der Waals surface area contributed by atoms with Gasteiger partial charge in [0, 0.05) is 36.3 Å². The average molecular weight is 402 g/mol. The van der Waals surface area contributed by atoms with Crippen LogP contribution in [0.1, 0.15) is 41.6 Å². The Morgan fingerprint density at radius 1 is 1.00 bits per heavy atom. The SMILES string of the molecule is Cc1c(-c2ccccc2)oc2c(C(=O)NC3CCN(C4CC4)CC3)cccc2c1=O. The number of benzene rings is 2. The Hall–Kier alpha value is -2.92. The standard InChI is InChI=1S/C25H26N2O3/c1-16-22(28)20-8-5-9-21(24(20)30-23(16)17-6-3-2-4-7-17)25(29)26-18-12-14-27(15-13-18)19-10-11-19/h2-9,18-19H,10-15H2,1H3,(H,26,29). The number of fused-ring (bicyclic) bond motifs is 1. The molecule has 2 heterocycles. The van der Waals surface area contributed by atoms with Crippen LogP contribution in [0.15, 0.2) is 57.7 Å². The molecule has 0 radical (unpaired) electrons. The first-order valence-corrected chi connectivity index (χ1v) is 10.8. The van der Waals surface area contributed by atoms with Crippen molar-refractivity contribution in [3.63, 3.8) is 0 Å². The third-order valence-corrected chi connectivity index (χ3v) is 6.35. The summed E-state index contributed by atoms with van der Waals surface area (Å²) in [4.78, 5) is 28.6. The van der Waals surface area contributed by atoms with Gasteiger partial charge in [-0.1, -0.05) is 36.4 Å². The Morgan fingerprint density at radius 3 is 2.43 bits per heavy atom. The lowest BCUT2D eigenvalue weighted by atomic mass is 10.0. The van der Waals surface area contributed by atoms with Crippen LogP contribution in [0, 0.1) is 6.92 Å². The van der Waals surface area contributed by atoms with E-state index in [-0.39, 0.29) is 17.4 Å². The average Bonchev–Trinajstić information content (AvgIpc) is 3.62. The van der Waals surface area contributed by atoms with Gasteiger partial charge in [0.15, 0.2) is 11.0 Å². The number of amides is 1. The van der Waals surface area contributed by atoms with Crippen LogP contribution in [0.3, 0.4) is 0 Å². The van der Waals surface area contributed by atoms with Crippen LogP contribution < -0.4 is 10.7 Å². The lowest BCUT2D eigenvalue weighted by Gasteiger charge is -2.32. The summed E-state index contributed by atoms with van der Waals surface area (Å²) in [7, 11) is 0. The second kappa shape index (κ2) is 7.73. The van der Waals surface area contributed by atoms with Gasteiger partial charge < -0.3 is 14.6 Å². The maximum absolute atomic E-state index is 13.1. The summed E-state index contributed by atoms with van der Waals surface area (Å²) in [6.07, 6.45) is 4.56. The van der Waals surface area contributed by atoms with Crippen LogP contribution in [0.25, 0.3) is 22.3 Å². The number of rotatable bonds is 4. The van der Waals surface area contributed by atoms with Gasteiger partial charge in [-0.05, 0) is 44.7 Å². The van der Waals surface area contributed by atoms with Gasteiger partial charge in [0.25, 0.3) is 5.91 Å². The molecule has 30 heavy (non-hydrogen) atoms. The first-order valence-electron chi connectivity index (χ1n) is 10.8. The molecule has 2 fully saturated rings. The molecule has 1 aliphatic carbocycles. The number of hydrogen-bond donors (Lipinski definition) is 1. The smallest absolute Gasteiger partial charge is 0.255 e. The molecule has 0 bridgehead atoms. The van der Waals surface area contributed by atoms with Crippen LogP contribution in [0.4, 0.5) is 0 Å². The van der Waals surface area contributed by atoms with Crippen LogP contribution in [-0.2, 0) is 0 Å². The zero-order valence-electron chi connectivity index (χ0n) is 17.2. The number of hydrogen-bond acceptors (Lipinski definition) is 4. The number of carbonyl (C=O) groups excluding carboxylic acids is 1. The number of nitrogens with zero attached hydrogens (tertiary/aromatic N) is 1. The maximum atomic E-state index is 13.1. The summed E-state index contributed by atoms with van der Waals surface area (Å²) in [5.41, 5.74) is 2.07. The fourth-order valence-corrected chi connectivity index (χ4v) is 4.47. The quantitative estimate of drug-likeness (QED) is 0.713. The Balaban J connectivity index is 1.46. The van der Waals surface area contributed by atoms with Crippen molar-refractivity contribution in [3.05, 3.63) is 69.9 Å². The van der Waals surface area contributed by atoms with E-state index < -0.39 is 0 Å². The number of piperidine rings is 1. The topological polar surface area (TPSA) is 62.6 Å². The largest absolute Gasteiger partial charge is 0.455 e. The van der Waals surface area contributed by atoms with E-state index in [0.29, 0.717) is 27.9 Å². The molecule has 2 aromatic carbocycles. The van der Waals surface area contributed by atoms with Crippen molar-refractivity contribution in [2.75, 3.05) is 13.1 Å². The monoisotopic (exact) mass is 402 g/mol. The molecule has 5 heteroatoms. The van der Waals surface area contributed by atoms with E-state index in [4.69, 9.17) is 4.42 Å². The van der Waals surface area contributed by atoms with Crippen LogP contribution >= 0.6 is 0 Å². The fraction of sp³-hybridized carbons (Fsp3) is 0.360. The number of likely N-dealkylation sites (tertiary alicyclic amines) is 1. The normalized spacial score (nSPS) is 17.9. The van der Waals surface area contributed by atoms with Gasteiger partial charge in [-0.3, -0.25) is 9.59 Å². The van der Waals surface area contributed by atoms with E-state index in [1.165, 1.54) is 12.8 Å². The molecule has 1 saturated carbocycles. The van der Waals surface area contributed by atoms with Crippen molar-refractivity contribution in [2.24, 2.45) is 0 Å². The Bertz CT molecular complexity index is 1140. The molecule has 5 nitrogen and oxygen atoms in total. The van der Waals surface area contributed by atoms with Crippen molar-refractivity contribution in [1.29, 1.82) is 0 Å². The highest BCUT2D eigenvalue weighted by Crippen LogP contribution is 2.30. The van der Waals surface area contributed by atoms with Gasteiger partial charge in [0.2, 0.25) is 0 Å². The number of para-hydroxylation sites is 1. The minimum Gasteiger partial charge on any atom is -0.455 e. The summed E-state index contributed by atoms with van der Waals surface area (Å²) in [6, 6.07) is 15.7. The van der Waals surface area contributed by atoms with Crippen LogP contribution in [0.5, 0.6) is 0 Å². The summed E-state index contributed by atoms with van der Waals surface area (Å²) < 4.78 is 6.19. The van der Waals surface area contributed by atoms with Crippen molar-refractivity contribution in [3.8, 4) is 11.3 Å². The molecule has 0 spiro atoms. The Labute approximate surface area is 175 Å². The Morgan fingerprint density at radius 2 is 1.73 bits per heavy atom. The molecule has 1 saturated heterocycles. The predicted molar refractivity (Wildman–Crippen MR) is 118 cm³/mol. The highest BCUT2D eigenvalue weighted by molar-refractivity contribution is 6.05. The van der Waals surface area contributed by atoms with Crippen molar-refractivity contribution in [2.45, 2.75) is 44.7 Å². The summed E-state index contributed by atoms with van der Waals surface area (Å²) in [6.45, 7) is 3.85. The van der Waals surface area contributed by atoms with Gasteiger partial charge >= 0.3 is 0 Å². The zero-order chi connectivity index (χ0) is 20.7. The van der Waals surface area contributed by atoms with Crippen LogP contribution in [0.2, 0.25) is 0 Å². The summed E-state index contributed by atoms with van der Waals surface area (Å²) in [5, 5.41) is 3.62. The van der Waals surface area contributed by atoms with E-state index in [2.05, 4.69) is 10.2 Å². The molecule has 5 rings (SSSR count). The fourth-order valence-electron chi connectivity index (χ4n) is 4.47. The lowest BCUT2D eigenvalue weighted by Crippen LogP contribution is -2.45. The van der Waals surface area contributed by atoms with Crippen molar-refractivity contribution in [1.82, 2.24) is 10.2 Å². The van der Waals surface area contributed by atoms with Gasteiger partial charge in [-0.25, -0.2) is 0 Å². The van der Waals surface area contributed by atoms with Crippen LogP contribution in [-0.4, -0.2) is 36.0 Å².